The number of para-hydroxylation sites is 1. The molecular weight excluding hydrogens is 477 g/mol. The highest BCUT2D eigenvalue weighted by Gasteiger charge is 2.10. The molecule has 148 valence electrons. The van der Waals surface area contributed by atoms with Gasteiger partial charge in [-0.25, -0.2) is 4.98 Å². The van der Waals surface area contributed by atoms with Gasteiger partial charge in [0.1, 0.15) is 10.6 Å². The summed E-state index contributed by atoms with van der Waals surface area (Å²) in [4.78, 5) is 21.0. The summed E-state index contributed by atoms with van der Waals surface area (Å²) in [5.74, 6) is 1.44. The molecule has 0 unspecified atom stereocenters. The Labute approximate surface area is 181 Å². The van der Waals surface area contributed by atoms with Crippen molar-refractivity contribution in [2.24, 2.45) is 4.99 Å². The van der Waals surface area contributed by atoms with E-state index in [0.29, 0.717) is 37.1 Å². The molecule has 0 aliphatic heterocycles. The highest BCUT2D eigenvalue weighted by molar-refractivity contribution is 14.0. The summed E-state index contributed by atoms with van der Waals surface area (Å²) in [7, 11) is 1.71. The molecule has 1 heterocycles. The van der Waals surface area contributed by atoms with Crippen molar-refractivity contribution in [3.63, 3.8) is 0 Å². The number of hydrogen-bond acceptors (Lipinski definition) is 5. The van der Waals surface area contributed by atoms with Crippen molar-refractivity contribution < 1.29 is 9.53 Å². The van der Waals surface area contributed by atoms with Crippen LogP contribution in [0.15, 0.2) is 34.8 Å². The Morgan fingerprint density at radius 3 is 2.63 bits per heavy atom. The minimum Gasteiger partial charge on any atom is -0.494 e. The Bertz CT molecular complexity index is 751. The molecule has 27 heavy (non-hydrogen) atoms. The summed E-state index contributed by atoms with van der Waals surface area (Å²) >= 11 is 1.35. The molecule has 0 radical (unpaired) electrons. The molecule has 1 aromatic heterocycles. The van der Waals surface area contributed by atoms with Gasteiger partial charge in [0.2, 0.25) is 0 Å². The quantitative estimate of drug-likeness (QED) is 0.223. The van der Waals surface area contributed by atoms with Gasteiger partial charge in [0, 0.05) is 32.2 Å². The zero-order valence-electron chi connectivity index (χ0n) is 15.7. The van der Waals surface area contributed by atoms with Crippen LogP contribution in [0.25, 0.3) is 0 Å². The first-order chi connectivity index (χ1) is 12.7. The molecule has 0 bridgehead atoms. The van der Waals surface area contributed by atoms with E-state index in [0.717, 1.165) is 17.0 Å². The van der Waals surface area contributed by atoms with Crippen LogP contribution in [0.2, 0.25) is 0 Å². The number of halogens is 1. The molecule has 2 rings (SSSR count). The van der Waals surface area contributed by atoms with Crippen molar-refractivity contribution >= 4 is 47.2 Å². The standard InChI is InChI=1S/C18H25N5O2S.HI/c1-4-25-15-8-6-5-7-14(15)11-22-18(19-3)21-10-9-20-17(24)16-13(2)23-12-26-16;/h5-8,12H,4,9-11H2,1-3H3,(H,20,24)(H2,19,21,22);1H. The highest BCUT2D eigenvalue weighted by atomic mass is 127. The Balaban J connectivity index is 0.00000364. The molecule has 3 N–H and O–H groups in total. The number of amides is 1. The number of carbonyl (C=O) groups excluding carboxylic acids is 1. The van der Waals surface area contributed by atoms with E-state index in [4.69, 9.17) is 4.74 Å². The van der Waals surface area contributed by atoms with Gasteiger partial charge < -0.3 is 20.7 Å². The van der Waals surface area contributed by atoms with E-state index in [1.807, 2.05) is 38.1 Å². The fourth-order valence-corrected chi connectivity index (χ4v) is 3.02. The number of aryl methyl sites for hydroxylation is 1. The SMILES string of the molecule is CCOc1ccccc1CNC(=NC)NCCNC(=O)c1scnc1C.I. The number of rotatable bonds is 8. The molecule has 0 aliphatic rings. The van der Waals surface area contributed by atoms with Gasteiger partial charge in [0.25, 0.3) is 5.91 Å². The molecule has 0 saturated heterocycles. The van der Waals surface area contributed by atoms with Crippen molar-refractivity contribution in [2.75, 3.05) is 26.7 Å². The molecule has 0 aliphatic carbocycles. The van der Waals surface area contributed by atoms with Crippen LogP contribution >= 0.6 is 35.3 Å². The van der Waals surface area contributed by atoms with Gasteiger partial charge in [0.05, 0.1) is 17.8 Å². The van der Waals surface area contributed by atoms with Gasteiger partial charge in [-0.3, -0.25) is 9.79 Å². The molecule has 1 aromatic carbocycles. The zero-order valence-corrected chi connectivity index (χ0v) is 18.9. The van der Waals surface area contributed by atoms with Crippen molar-refractivity contribution in [1.82, 2.24) is 20.9 Å². The second-order valence-corrected chi connectivity index (χ2v) is 6.27. The number of benzene rings is 1. The first kappa shape index (κ1) is 23.2. The Morgan fingerprint density at radius 2 is 1.96 bits per heavy atom. The van der Waals surface area contributed by atoms with Gasteiger partial charge in [-0.15, -0.1) is 35.3 Å². The summed E-state index contributed by atoms with van der Waals surface area (Å²) in [5.41, 5.74) is 3.49. The predicted molar refractivity (Wildman–Crippen MR) is 120 cm³/mol. The highest BCUT2D eigenvalue weighted by Crippen LogP contribution is 2.17. The minimum atomic E-state index is -0.0969. The van der Waals surface area contributed by atoms with Crippen molar-refractivity contribution in [2.45, 2.75) is 20.4 Å². The molecule has 0 fully saturated rings. The number of ether oxygens (including phenoxy) is 1. The van der Waals surface area contributed by atoms with E-state index in [1.54, 1.807) is 12.6 Å². The average molecular weight is 503 g/mol. The largest absolute Gasteiger partial charge is 0.494 e. The topological polar surface area (TPSA) is 87.6 Å². The number of aliphatic imine (C=N–C) groups is 1. The second-order valence-electron chi connectivity index (χ2n) is 5.42. The van der Waals surface area contributed by atoms with Crippen LogP contribution in [0.5, 0.6) is 5.75 Å². The van der Waals surface area contributed by atoms with Gasteiger partial charge in [-0.1, -0.05) is 18.2 Å². The summed E-state index contributed by atoms with van der Waals surface area (Å²) < 4.78 is 5.62. The second kappa shape index (κ2) is 12.5. The molecule has 0 spiro atoms. The van der Waals surface area contributed by atoms with Gasteiger partial charge >= 0.3 is 0 Å². The molecular formula is C18H26IN5O2S. The monoisotopic (exact) mass is 503 g/mol. The summed E-state index contributed by atoms with van der Waals surface area (Å²) in [5, 5.41) is 9.30. The van der Waals surface area contributed by atoms with Crippen LogP contribution in [0.1, 0.15) is 27.9 Å². The van der Waals surface area contributed by atoms with Gasteiger partial charge in [-0.05, 0) is 19.9 Å². The maximum atomic E-state index is 12.0. The predicted octanol–water partition coefficient (Wildman–Crippen LogP) is 2.56. The lowest BCUT2D eigenvalue weighted by Crippen LogP contribution is -2.41. The van der Waals surface area contributed by atoms with Crippen molar-refractivity contribution in [3.8, 4) is 5.75 Å². The first-order valence-electron chi connectivity index (χ1n) is 8.49. The molecule has 1 amide bonds. The number of carbonyl (C=O) groups is 1. The van der Waals surface area contributed by atoms with Crippen LogP contribution in [0, 0.1) is 6.92 Å². The van der Waals surface area contributed by atoms with Crippen LogP contribution in [-0.2, 0) is 6.54 Å². The molecule has 2 aromatic rings. The number of nitrogens with zero attached hydrogens (tertiary/aromatic N) is 2. The van der Waals surface area contributed by atoms with E-state index >= 15 is 0 Å². The summed E-state index contributed by atoms with van der Waals surface area (Å²) in [6, 6.07) is 7.90. The van der Waals surface area contributed by atoms with E-state index < -0.39 is 0 Å². The Kier molecular flexibility index (Phi) is 10.7. The van der Waals surface area contributed by atoms with Crippen LogP contribution in [-0.4, -0.2) is 43.6 Å². The smallest absolute Gasteiger partial charge is 0.263 e. The maximum absolute atomic E-state index is 12.0. The lowest BCUT2D eigenvalue weighted by atomic mass is 10.2. The minimum absolute atomic E-state index is 0. The third-order valence-corrected chi connectivity index (χ3v) is 4.52. The average Bonchev–Trinajstić information content (AvgIpc) is 3.08. The maximum Gasteiger partial charge on any atom is 0.263 e. The molecule has 9 heteroatoms. The van der Waals surface area contributed by atoms with Crippen LogP contribution < -0.4 is 20.7 Å². The Morgan fingerprint density at radius 1 is 1.22 bits per heavy atom. The molecule has 0 atom stereocenters. The van der Waals surface area contributed by atoms with E-state index in [-0.39, 0.29) is 29.9 Å². The summed E-state index contributed by atoms with van der Waals surface area (Å²) in [6.07, 6.45) is 0. The number of hydrogen-bond donors (Lipinski definition) is 3. The lowest BCUT2D eigenvalue weighted by Gasteiger charge is -2.14. The number of guanidine groups is 1. The number of thiazole rings is 1. The first-order valence-corrected chi connectivity index (χ1v) is 9.37. The van der Waals surface area contributed by atoms with Gasteiger partial charge in [0.15, 0.2) is 5.96 Å². The van der Waals surface area contributed by atoms with Crippen LogP contribution in [0.4, 0.5) is 0 Å². The summed E-state index contributed by atoms with van der Waals surface area (Å²) in [6.45, 7) is 6.08. The fourth-order valence-electron chi connectivity index (χ4n) is 2.30. The van der Waals surface area contributed by atoms with E-state index in [2.05, 4.69) is 25.9 Å². The molecule has 0 saturated carbocycles. The fraction of sp³-hybridized carbons (Fsp3) is 0.389. The number of nitrogens with one attached hydrogen (secondary N) is 3. The van der Waals surface area contributed by atoms with Crippen molar-refractivity contribution in [1.29, 1.82) is 0 Å². The van der Waals surface area contributed by atoms with E-state index in [1.165, 1.54) is 11.3 Å². The molecule has 7 nitrogen and oxygen atoms in total. The zero-order chi connectivity index (χ0) is 18.8. The van der Waals surface area contributed by atoms with Crippen molar-refractivity contribution in [3.05, 3.63) is 45.9 Å². The van der Waals surface area contributed by atoms with Crippen LogP contribution in [0.3, 0.4) is 0 Å². The van der Waals surface area contributed by atoms with Gasteiger partial charge in [-0.2, -0.15) is 0 Å². The number of aromatic nitrogens is 1. The normalized spacial score (nSPS) is 10.7. The van der Waals surface area contributed by atoms with E-state index in [9.17, 15) is 4.79 Å². The lowest BCUT2D eigenvalue weighted by molar-refractivity contribution is 0.0957. The third kappa shape index (κ3) is 7.33. The third-order valence-electron chi connectivity index (χ3n) is 3.60. The Hall–Kier alpha value is -1.88.